The van der Waals surface area contributed by atoms with Crippen LogP contribution in [0.25, 0.3) is 0 Å². The molecule has 19 heavy (non-hydrogen) atoms. The number of hydrogen-bond acceptors (Lipinski definition) is 2. The summed E-state index contributed by atoms with van der Waals surface area (Å²) in [5.41, 5.74) is 3.26. The molecule has 96 valence electrons. The summed E-state index contributed by atoms with van der Waals surface area (Å²) in [6.45, 7) is 2.04. The van der Waals surface area contributed by atoms with Gasteiger partial charge < -0.3 is 10.1 Å². The number of carbonyl (C=O) groups is 1. The van der Waals surface area contributed by atoms with E-state index in [9.17, 15) is 4.79 Å². The van der Waals surface area contributed by atoms with E-state index in [1.165, 1.54) is 5.56 Å². The Morgan fingerprint density at radius 3 is 2.32 bits per heavy atom. The number of cyclic esters (lactones) is 1. The summed E-state index contributed by atoms with van der Waals surface area (Å²) in [6.07, 6.45) is -0.630. The first-order valence-electron chi connectivity index (χ1n) is 6.33. The summed E-state index contributed by atoms with van der Waals surface area (Å²) in [4.78, 5) is 11.5. The minimum atomic E-state index is -0.362. The molecular weight excluding hydrogens is 238 g/mol. The van der Waals surface area contributed by atoms with Crippen LogP contribution in [-0.2, 0) is 4.74 Å². The van der Waals surface area contributed by atoms with Gasteiger partial charge in [0, 0.05) is 0 Å². The first-order chi connectivity index (χ1) is 9.24. The minimum absolute atomic E-state index is 0.128. The highest BCUT2D eigenvalue weighted by Gasteiger charge is 2.36. The van der Waals surface area contributed by atoms with Crippen LogP contribution >= 0.6 is 0 Å². The van der Waals surface area contributed by atoms with Crippen molar-refractivity contribution < 1.29 is 9.53 Å². The molecule has 1 N–H and O–H groups in total. The third-order valence-electron chi connectivity index (χ3n) is 3.37. The Kier molecular flexibility index (Phi) is 2.95. The monoisotopic (exact) mass is 253 g/mol. The van der Waals surface area contributed by atoms with E-state index in [1.54, 1.807) is 0 Å². The van der Waals surface area contributed by atoms with E-state index in [-0.39, 0.29) is 18.2 Å². The molecule has 1 amide bonds. The lowest BCUT2D eigenvalue weighted by Crippen LogP contribution is -2.19. The highest BCUT2D eigenvalue weighted by atomic mass is 16.6. The first kappa shape index (κ1) is 11.8. The normalized spacial score (nSPS) is 21.8. The van der Waals surface area contributed by atoms with E-state index in [0.29, 0.717) is 0 Å². The highest BCUT2D eigenvalue weighted by Crippen LogP contribution is 2.36. The average molecular weight is 253 g/mol. The van der Waals surface area contributed by atoms with Crippen molar-refractivity contribution in [2.24, 2.45) is 0 Å². The van der Waals surface area contributed by atoms with Gasteiger partial charge in [-0.1, -0.05) is 60.2 Å². The quantitative estimate of drug-likeness (QED) is 0.889. The van der Waals surface area contributed by atoms with E-state index in [2.05, 4.69) is 5.32 Å². The molecule has 0 radical (unpaired) electrons. The second-order valence-corrected chi connectivity index (χ2v) is 4.77. The van der Waals surface area contributed by atoms with Gasteiger partial charge in [-0.25, -0.2) is 4.79 Å². The number of benzene rings is 2. The van der Waals surface area contributed by atoms with Gasteiger partial charge in [0.15, 0.2) is 6.10 Å². The molecule has 3 nitrogen and oxygen atoms in total. The molecule has 2 atom stereocenters. The van der Waals surface area contributed by atoms with Crippen LogP contribution in [0, 0.1) is 6.92 Å². The van der Waals surface area contributed by atoms with Gasteiger partial charge in [-0.05, 0) is 18.1 Å². The average Bonchev–Trinajstić information content (AvgIpc) is 2.83. The molecule has 0 saturated carbocycles. The predicted octanol–water partition coefficient (Wildman–Crippen LogP) is 3.52. The van der Waals surface area contributed by atoms with Crippen LogP contribution in [0.5, 0.6) is 0 Å². The van der Waals surface area contributed by atoms with Crippen molar-refractivity contribution in [3.8, 4) is 0 Å². The number of alkyl carbamates (subject to hydrolysis) is 1. The fourth-order valence-corrected chi connectivity index (χ4v) is 2.36. The molecule has 2 aromatic carbocycles. The van der Waals surface area contributed by atoms with Gasteiger partial charge in [-0.3, -0.25) is 0 Å². The highest BCUT2D eigenvalue weighted by molar-refractivity contribution is 5.71. The maximum atomic E-state index is 11.5. The number of amides is 1. The van der Waals surface area contributed by atoms with Crippen LogP contribution in [0.1, 0.15) is 28.8 Å². The number of hydrogen-bond donors (Lipinski definition) is 1. The van der Waals surface area contributed by atoms with Gasteiger partial charge in [-0.2, -0.15) is 0 Å². The van der Waals surface area contributed by atoms with Crippen LogP contribution in [0.3, 0.4) is 0 Å². The van der Waals surface area contributed by atoms with Crippen molar-refractivity contribution in [1.82, 2.24) is 5.32 Å². The molecule has 3 rings (SSSR count). The molecule has 1 fully saturated rings. The number of carbonyl (C=O) groups excluding carboxylic acids is 1. The molecule has 1 aliphatic heterocycles. The molecular formula is C16H15NO2. The second-order valence-electron chi connectivity index (χ2n) is 4.77. The maximum absolute atomic E-state index is 11.5. The lowest BCUT2D eigenvalue weighted by atomic mass is 9.96. The smallest absolute Gasteiger partial charge is 0.408 e. The predicted molar refractivity (Wildman–Crippen MR) is 72.7 cm³/mol. The zero-order chi connectivity index (χ0) is 13.2. The number of ether oxygens (including phenoxy) is 1. The van der Waals surface area contributed by atoms with Crippen molar-refractivity contribution in [1.29, 1.82) is 0 Å². The van der Waals surface area contributed by atoms with E-state index in [4.69, 9.17) is 4.74 Å². The van der Waals surface area contributed by atoms with Crippen LogP contribution in [0.4, 0.5) is 4.79 Å². The molecule has 0 aromatic heterocycles. The van der Waals surface area contributed by atoms with Gasteiger partial charge in [0.1, 0.15) is 0 Å². The Bertz CT molecular complexity index is 577. The fraction of sp³-hybridized carbons (Fsp3) is 0.188. The molecule has 0 unspecified atom stereocenters. The van der Waals surface area contributed by atoms with Crippen molar-refractivity contribution in [2.75, 3.05) is 0 Å². The van der Waals surface area contributed by atoms with Crippen molar-refractivity contribution >= 4 is 6.09 Å². The standard InChI is InChI=1S/C16H15NO2/c1-11-7-9-13(10-8-11)15-14(17-16(18)19-15)12-5-3-2-4-6-12/h2-10,14-15H,1H3,(H,17,18)/t14-,15-/m1/s1. The van der Waals surface area contributed by atoms with E-state index in [0.717, 1.165) is 11.1 Å². The van der Waals surface area contributed by atoms with Crippen molar-refractivity contribution in [3.63, 3.8) is 0 Å². The number of aryl methyl sites for hydroxylation is 1. The Morgan fingerprint density at radius 1 is 0.947 bits per heavy atom. The molecule has 1 aliphatic rings. The Balaban J connectivity index is 1.95. The van der Waals surface area contributed by atoms with Crippen molar-refractivity contribution in [3.05, 3.63) is 71.3 Å². The summed E-state index contributed by atoms with van der Waals surface area (Å²) in [6, 6.07) is 17.8. The molecule has 0 aliphatic carbocycles. The third kappa shape index (κ3) is 2.32. The summed E-state index contributed by atoms with van der Waals surface area (Å²) >= 11 is 0. The Hall–Kier alpha value is -2.29. The molecule has 1 heterocycles. The van der Waals surface area contributed by atoms with E-state index < -0.39 is 0 Å². The lowest BCUT2D eigenvalue weighted by Gasteiger charge is -2.17. The van der Waals surface area contributed by atoms with Crippen LogP contribution in [0.2, 0.25) is 0 Å². The zero-order valence-electron chi connectivity index (χ0n) is 10.7. The third-order valence-corrected chi connectivity index (χ3v) is 3.37. The number of rotatable bonds is 2. The Morgan fingerprint density at radius 2 is 1.63 bits per heavy atom. The van der Waals surface area contributed by atoms with Crippen LogP contribution in [-0.4, -0.2) is 6.09 Å². The molecule has 1 saturated heterocycles. The largest absolute Gasteiger partial charge is 0.439 e. The summed E-state index contributed by atoms with van der Waals surface area (Å²) in [7, 11) is 0. The van der Waals surface area contributed by atoms with Crippen molar-refractivity contribution in [2.45, 2.75) is 19.1 Å². The van der Waals surface area contributed by atoms with Gasteiger partial charge in [0.2, 0.25) is 0 Å². The minimum Gasteiger partial charge on any atom is -0.439 e. The van der Waals surface area contributed by atoms with Crippen LogP contribution < -0.4 is 5.32 Å². The topological polar surface area (TPSA) is 38.3 Å². The molecule has 0 spiro atoms. The summed E-state index contributed by atoms with van der Waals surface area (Å²) in [5.74, 6) is 0. The summed E-state index contributed by atoms with van der Waals surface area (Å²) < 4.78 is 5.40. The maximum Gasteiger partial charge on any atom is 0.408 e. The van der Waals surface area contributed by atoms with Gasteiger partial charge in [-0.15, -0.1) is 0 Å². The fourth-order valence-electron chi connectivity index (χ4n) is 2.36. The van der Waals surface area contributed by atoms with E-state index >= 15 is 0 Å². The molecule has 0 bridgehead atoms. The van der Waals surface area contributed by atoms with Gasteiger partial charge >= 0.3 is 6.09 Å². The SMILES string of the molecule is Cc1ccc([C@H]2OC(=O)N[C@@H]2c2ccccc2)cc1. The van der Waals surface area contributed by atoms with Gasteiger partial charge in [0.25, 0.3) is 0 Å². The zero-order valence-corrected chi connectivity index (χ0v) is 10.7. The summed E-state index contributed by atoms with van der Waals surface area (Å²) in [5, 5.41) is 2.87. The Labute approximate surface area is 112 Å². The number of nitrogens with one attached hydrogen (secondary N) is 1. The second kappa shape index (κ2) is 4.76. The lowest BCUT2D eigenvalue weighted by molar-refractivity contribution is 0.132. The molecule has 3 heteroatoms. The molecule has 2 aromatic rings. The first-order valence-corrected chi connectivity index (χ1v) is 6.33. The van der Waals surface area contributed by atoms with Crippen LogP contribution in [0.15, 0.2) is 54.6 Å². The van der Waals surface area contributed by atoms with E-state index in [1.807, 2.05) is 61.5 Å². The van der Waals surface area contributed by atoms with Gasteiger partial charge in [0.05, 0.1) is 6.04 Å².